The molecular formula is C24H24FN3O. The highest BCUT2D eigenvalue weighted by Crippen LogP contribution is 2.29. The Morgan fingerprint density at radius 1 is 0.759 bits per heavy atom. The van der Waals surface area contributed by atoms with Gasteiger partial charge in [0.1, 0.15) is 5.82 Å². The van der Waals surface area contributed by atoms with E-state index >= 15 is 0 Å². The number of carbonyl (C=O) groups excluding carboxylic acids is 1. The van der Waals surface area contributed by atoms with Crippen LogP contribution in [-0.2, 0) is 0 Å². The molecule has 0 saturated carbocycles. The molecule has 29 heavy (non-hydrogen) atoms. The van der Waals surface area contributed by atoms with Crippen molar-refractivity contribution in [3.8, 4) is 0 Å². The first-order valence-electron chi connectivity index (χ1n) is 9.87. The summed E-state index contributed by atoms with van der Waals surface area (Å²) in [6.45, 7) is 2.69. The van der Waals surface area contributed by atoms with E-state index in [1.54, 1.807) is 23.1 Å². The predicted molar refractivity (Wildman–Crippen MR) is 113 cm³/mol. The second kappa shape index (κ2) is 8.88. The van der Waals surface area contributed by atoms with E-state index in [9.17, 15) is 9.18 Å². The van der Waals surface area contributed by atoms with E-state index < -0.39 is 5.82 Å². The van der Waals surface area contributed by atoms with Gasteiger partial charge < -0.3 is 10.2 Å². The average molecular weight is 389 g/mol. The highest BCUT2D eigenvalue weighted by Gasteiger charge is 2.28. The van der Waals surface area contributed by atoms with Gasteiger partial charge in [-0.25, -0.2) is 9.18 Å². The number of rotatable bonds is 4. The number of carbonyl (C=O) groups is 1. The molecule has 148 valence electrons. The van der Waals surface area contributed by atoms with Gasteiger partial charge in [0.25, 0.3) is 0 Å². The molecule has 4 nitrogen and oxygen atoms in total. The molecule has 1 aliphatic rings. The normalized spacial score (nSPS) is 14.8. The summed E-state index contributed by atoms with van der Waals surface area (Å²) in [7, 11) is 0. The molecule has 1 fully saturated rings. The van der Waals surface area contributed by atoms with Crippen molar-refractivity contribution in [1.29, 1.82) is 0 Å². The fourth-order valence-corrected chi connectivity index (χ4v) is 3.82. The minimum Gasteiger partial charge on any atom is -0.322 e. The van der Waals surface area contributed by atoms with Gasteiger partial charge in [-0.2, -0.15) is 0 Å². The first-order valence-corrected chi connectivity index (χ1v) is 9.87. The number of halogens is 1. The fraction of sp³-hybridized carbons (Fsp3) is 0.208. The van der Waals surface area contributed by atoms with E-state index in [-0.39, 0.29) is 17.8 Å². The average Bonchev–Trinajstić information content (AvgIpc) is 2.77. The van der Waals surface area contributed by atoms with Gasteiger partial charge in [0.15, 0.2) is 0 Å². The van der Waals surface area contributed by atoms with Crippen LogP contribution in [0.2, 0.25) is 0 Å². The number of nitrogens with zero attached hydrogens (tertiary/aromatic N) is 2. The largest absolute Gasteiger partial charge is 0.322 e. The third kappa shape index (κ3) is 4.46. The van der Waals surface area contributed by atoms with E-state index in [0.717, 1.165) is 13.1 Å². The van der Waals surface area contributed by atoms with Crippen molar-refractivity contribution in [3.05, 3.63) is 102 Å². The Kier molecular flexibility index (Phi) is 5.86. The maximum Gasteiger partial charge on any atom is 0.322 e. The number of hydrogen-bond acceptors (Lipinski definition) is 2. The second-order valence-electron chi connectivity index (χ2n) is 7.16. The number of amides is 2. The Morgan fingerprint density at radius 2 is 1.28 bits per heavy atom. The summed E-state index contributed by atoms with van der Waals surface area (Å²) < 4.78 is 13.8. The van der Waals surface area contributed by atoms with Gasteiger partial charge in [0.2, 0.25) is 0 Å². The van der Waals surface area contributed by atoms with Crippen LogP contribution >= 0.6 is 0 Å². The van der Waals surface area contributed by atoms with Gasteiger partial charge >= 0.3 is 6.03 Å². The van der Waals surface area contributed by atoms with Crippen molar-refractivity contribution < 1.29 is 9.18 Å². The van der Waals surface area contributed by atoms with Crippen molar-refractivity contribution in [2.24, 2.45) is 0 Å². The summed E-state index contributed by atoms with van der Waals surface area (Å²) in [5.74, 6) is -0.423. The van der Waals surface area contributed by atoms with Crippen molar-refractivity contribution in [2.75, 3.05) is 31.5 Å². The number of urea groups is 1. The zero-order valence-electron chi connectivity index (χ0n) is 16.2. The predicted octanol–water partition coefficient (Wildman–Crippen LogP) is 4.76. The number of nitrogens with one attached hydrogen (secondary N) is 1. The third-order valence-electron chi connectivity index (χ3n) is 5.31. The van der Waals surface area contributed by atoms with Gasteiger partial charge in [-0.05, 0) is 23.3 Å². The summed E-state index contributed by atoms with van der Waals surface area (Å²) in [4.78, 5) is 16.7. The molecule has 4 rings (SSSR count). The van der Waals surface area contributed by atoms with Crippen molar-refractivity contribution in [3.63, 3.8) is 0 Å². The molecule has 3 aromatic rings. The van der Waals surface area contributed by atoms with Gasteiger partial charge in [0.05, 0.1) is 11.7 Å². The van der Waals surface area contributed by atoms with Crippen LogP contribution in [0.4, 0.5) is 14.9 Å². The molecule has 0 atom stereocenters. The molecule has 1 saturated heterocycles. The Bertz CT molecular complexity index is 901. The van der Waals surface area contributed by atoms with Crippen LogP contribution in [0.3, 0.4) is 0 Å². The zero-order chi connectivity index (χ0) is 20.1. The van der Waals surface area contributed by atoms with Crippen LogP contribution in [0, 0.1) is 5.82 Å². The van der Waals surface area contributed by atoms with Crippen molar-refractivity contribution >= 4 is 11.7 Å². The van der Waals surface area contributed by atoms with E-state index in [0.29, 0.717) is 13.1 Å². The Balaban J connectivity index is 1.46. The summed E-state index contributed by atoms with van der Waals surface area (Å²) in [5, 5.41) is 2.68. The number of piperazine rings is 1. The lowest BCUT2D eigenvalue weighted by atomic mass is 9.96. The standard InChI is InChI=1S/C24H24FN3O/c25-21-13-7-8-14-22(21)26-24(29)28-17-15-27(16-18-28)23(19-9-3-1-4-10-19)20-11-5-2-6-12-20/h1-14,23H,15-18H2,(H,26,29). The Labute approximate surface area is 170 Å². The molecule has 1 heterocycles. The van der Waals surface area contributed by atoms with Crippen LogP contribution in [0.1, 0.15) is 17.2 Å². The number of para-hydroxylation sites is 1. The van der Waals surface area contributed by atoms with Gasteiger partial charge in [-0.1, -0.05) is 72.8 Å². The monoisotopic (exact) mass is 389 g/mol. The minimum atomic E-state index is -0.423. The Morgan fingerprint density at radius 3 is 1.83 bits per heavy atom. The number of benzene rings is 3. The first-order chi connectivity index (χ1) is 14.2. The summed E-state index contributed by atoms with van der Waals surface area (Å²) in [5.41, 5.74) is 2.69. The molecule has 1 N–H and O–H groups in total. The molecule has 0 radical (unpaired) electrons. The molecule has 5 heteroatoms. The van der Waals surface area contributed by atoms with E-state index in [2.05, 4.69) is 58.7 Å². The highest BCUT2D eigenvalue weighted by molar-refractivity contribution is 5.89. The lowest BCUT2D eigenvalue weighted by Gasteiger charge is -2.39. The molecule has 3 aromatic carbocycles. The van der Waals surface area contributed by atoms with Crippen molar-refractivity contribution in [1.82, 2.24) is 9.80 Å². The van der Waals surface area contributed by atoms with Crippen molar-refractivity contribution in [2.45, 2.75) is 6.04 Å². The summed E-state index contributed by atoms with van der Waals surface area (Å²) in [6, 6.07) is 27.0. The lowest BCUT2D eigenvalue weighted by Crippen LogP contribution is -2.51. The second-order valence-corrected chi connectivity index (χ2v) is 7.16. The van der Waals surface area contributed by atoms with Crippen LogP contribution < -0.4 is 5.32 Å². The molecule has 0 aliphatic carbocycles. The lowest BCUT2D eigenvalue weighted by molar-refractivity contribution is 0.126. The molecule has 0 aromatic heterocycles. The first kappa shape index (κ1) is 19.2. The SMILES string of the molecule is O=C(Nc1ccccc1F)N1CCN(C(c2ccccc2)c2ccccc2)CC1. The van der Waals surface area contributed by atoms with E-state index in [1.807, 2.05) is 12.1 Å². The number of hydrogen-bond donors (Lipinski definition) is 1. The molecule has 2 amide bonds. The van der Waals surface area contributed by atoms with E-state index in [4.69, 9.17) is 0 Å². The minimum absolute atomic E-state index is 0.147. The fourth-order valence-electron chi connectivity index (χ4n) is 3.82. The quantitative estimate of drug-likeness (QED) is 0.698. The zero-order valence-corrected chi connectivity index (χ0v) is 16.2. The molecule has 0 unspecified atom stereocenters. The smallest absolute Gasteiger partial charge is 0.322 e. The van der Waals surface area contributed by atoms with Crippen LogP contribution in [0.25, 0.3) is 0 Å². The van der Waals surface area contributed by atoms with Crippen LogP contribution in [0.15, 0.2) is 84.9 Å². The van der Waals surface area contributed by atoms with Crippen LogP contribution in [0.5, 0.6) is 0 Å². The summed E-state index contributed by atoms with van der Waals surface area (Å²) in [6.07, 6.45) is 0. The highest BCUT2D eigenvalue weighted by atomic mass is 19.1. The van der Waals surface area contributed by atoms with Crippen LogP contribution in [-0.4, -0.2) is 42.0 Å². The Hall–Kier alpha value is -3.18. The molecule has 0 spiro atoms. The molecule has 0 bridgehead atoms. The molecular weight excluding hydrogens is 365 g/mol. The topological polar surface area (TPSA) is 35.6 Å². The number of anilines is 1. The maximum atomic E-state index is 13.8. The molecule has 1 aliphatic heterocycles. The van der Waals surface area contributed by atoms with Gasteiger partial charge in [0, 0.05) is 26.2 Å². The van der Waals surface area contributed by atoms with E-state index in [1.165, 1.54) is 17.2 Å². The maximum absolute atomic E-state index is 13.8. The van der Waals surface area contributed by atoms with Gasteiger partial charge in [-0.3, -0.25) is 4.90 Å². The summed E-state index contributed by atoms with van der Waals surface area (Å²) >= 11 is 0. The third-order valence-corrected chi connectivity index (χ3v) is 5.31. The van der Waals surface area contributed by atoms with Gasteiger partial charge in [-0.15, -0.1) is 0 Å².